The molecule has 0 spiro atoms. The van der Waals surface area contributed by atoms with Crippen LogP contribution in [0.5, 0.6) is 0 Å². The second-order valence-corrected chi connectivity index (χ2v) is 6.84. The molecular weight excluding hydrogens is 306 g/mol. The van der Waals surface area contributed by atoms with Gasteiger partial charge in [-0.25, -0.2) is 4.39 Å². The van der Waals surface area contributed by atoms with Gasteiger partial charge < -0.3 is 14.0 Å². The van der Waals surface area contributed by atoms with Crippen molar-refractivity contribution in [3.8, 4) is 11.8 Å². The Morgan fingerprint density at radius 3 is 2.33 bits per heavy atom. The fraction of sp³-hybridized carbons (Fsp3) is 0.474. The minimum absolute atomic E-state index is 0.330. The predicted octanol–water partition coefficient (Wildman–Crippen LogP) is 4.02. The molecule has 5 heteroatoms. The van der Waals surface area contributed by atoms with Gasteiger partial charge in [0.1, 0.15) is 12.3 Å². The van der Waals surface area contributed by atoms with Gasteiger partial charge in [-0.15, -0.1) is 0 Å². The molecule has 0 saturated carbocycles. The van der Waals surface area contributed by atoms with Crippen LogP contribution in [0.2, 0.25) is 0 Å². The SMILES string of the molecule is COCC#Cc1ccccc1C(C)=C(F)B1OC(C)(C)C(C)(C)O1. The zero-order valence-electron chi connectivity index (χ0n) is 15.2. The van der Waals surface area contributed by atoms with Crippen molar-refractivity contribution < 1.29 is 18.4 Å². The summed E-state index contributed by atoms with van der Waals surface area (Å²) in [5.74, 6) is 5.92. The van der Waals surface area contributed by atoms with Crippen molar-refractivity contribution in [2.75, 3.05) is 13.7 Å². The first-order chi connectivity index (χ1) is 11.2. The van der Waals surface area contributed by atoms with E-state index in [-0.39, 0.29) is 0 Å². The molecule has 0 bridgehead atoms. The van der Waals surface area contributed by atoms with Gasteiger partial charge in [0.15, 0.2) is 0 Å². The highest BCUT2D eigenvalue weighted by Crippen LogP contribution is 2.40. The van der Waals surface area contributed by atoms with Crippen LogP contribution in [0.15, 0.2) is 30.0 Å². The van der Waals surface area contributed by atoms with Crippen LogP contribution in [0.4, 0.5) is 4.39 Å². The Balaban J connectivity index is 2.36. The first-order valence-electron chi connectivity index (χ1n) is 7.99. The molecule has 0 aromatic heterocycles. The van der Waals surface area contributed by atoms with Crippen molar-refractivity contribution in [3.05, 3.63) is 41.1 Å². The summed E-state index contributed by atoms with van der Waals surface area (Å²) in [5, 5.41) is 0. The maximum Gasteiger partial charge on any atom is 0.525 e. The Morgan fingerprint density at radius 2 is 1.75 bits per heavy atom. The topological polar surface area (TPSA) is 27.7 Å². The molecule has 0 radical (unpaired) electrons. The molecule has 1 aromatic rings. The molecule has 1 aromatic carbocycles. The van der Waals surface area contributed by atoms with Crippen LogP contribution in [0.3, 0.4) is 0 Å². The van der Waals surface area contributed by atoms with Crippen molar-refractivity contribution in [2.45, 2.75) is 45.8 Å². The standard InChI is InChI=1S/C19H24BFO3/c1-14(16-12-8-7-10-15(16)11-9-13-22-6)17(21)20-23-18(2,3)19(4,5)24-20/h7-8,10,12H,13H2,1-6H3. The Labute approximate surface area is 144 Å². The minimum atomic E-state index is -1.00. The van der Waals surface area contributed by atoms with Gasteiger partial charge in [0.05, 0.1) is 11.2 Å². The van der Waals surface area contributed by atoms with E-state index in [4.69, 9.17) is 14.0 Å². The van der Waals surface area contributed by atoms with Gasteiger partial charge in [0, 0.05) is 12.7 Å². The first kappa shape index (κ1) is 18.7. The highest BCUT2D eigenvalue weighted by molar-refractivity contribution is 6.55. The van der Waals surface area contributed by atoms with Crippen molar-refractivity contribution in [1.29, 1.82) is 0 Å². The molecule has 0 amide bonds. The summed E-state index contributed by atoms with van der Waals surface area (Å²) in [6.45, 7) is 9.66. The molecule has 0 atom stereocenters. The van der Waals surface area contributed by atoms with Gasteiger partial charge in [0.2, 0.25) is 0 Å². The van der Waals surface area contributed by atoms with E-state index >= 15 is 0 Å². The largest absolute Gasteiger partial charge is 0.525 e. The summed E-state index contributed by atoms with van der Waals surface area (Å²) in [7, 11) is 0.582. The van der Waals surface area contributed by atoms with E-state index < -0.39 is 24.0 Å². The fourth-order valence-electron chi connectivity index (χ4n) is 2.37. The average Bonchev–Trinajstić information content (AvgIpc) is 2.75. The number of hydrogen-bond donors (Lipinski definition) is 0. The minimum Gasteiger partial charge on any atom is -0.398 e. The number of ether oxygens (including phenoxy) is 1. The van der Waals surface area contributed by atoms with Crippen LogP contribution in [0.1, 0.15) is 45.7 Å². The molecule has 1 aliphatic heterocycles. The van der Waals surface area contributed by atoms with E-state index in [0.717, 1.165) is 11.1 Å². The van der Waals surface area contributed by atoms with Crippen LogP contribution in [-0.4, -0.2) is 32.0 Å². The fourth-order valence-corrected chi connectivity index (χ4v) is 2.37. The Morgan fingerprint density at radius 1 is 1.17 bits per heavy atom. The summed E-state index contributed by atoms with van der Waals surface area (Å²) in [6.07, 6.45) is 0. The Bertz CT molecular complexity index is 682. The highest BCUT2D eigenvalue weighted by Gasteiger charge is 2.53. The molecule has 1 heterocycles. The van der Waals surface area contributed by atoms with Gasteiger partial charge in [-0.2, -0.15) is 0 Å². The van der Waals surface area contributed by atoms with Crippen molar-refractivity contribution in [2.24, 2.45) is 0 Å². The molecule has 0 N–H and O–H groups in total. The molecule has 1 fully saturated rings. The lowest BCUT2D eigenvalue weighted by molar-refractivity contribution is 0.00578. The lowest BCUT2D eigenvalue weighted by Gasteiger charge is -2.32. The van der Waals surface area contributed by atoms with Crippen LogP contribution in [-0.2, 0) is 14.0 Å². The highest BCUT2D eigenvalue weighted by atomic mass is 19.1. The van der Waals surface area contributed by atoms with Gasteiger partial charge in [-0.1, -0.05) is 30.0 Å². The van der Waals surface area contributed by atoms with Gasteiger partial charge >= 0.3 is 7.12 Å². The van der Waals surface area contributed by atoms with E-state index in [1.54, 1.807) is 14.0 Å². The molecule has 128 valence electrons. The third-order valence-corrected chi connectivity index (χ3v) is 4.59. The lowest BCUT2D eigenvalue weighted by Crippen LogP contribution is -2.41. The smallest absolute Gasteiger partial charge is 0.398 e. The van der Waals surface area contributed by atoms with E-state index in [0.29, 0.717) is 12.2 Å². The maximum atomic E-state index is 15.0. The first-order valence-corrected chi connectivity index (χ1v) is 7.99. The third-order valence-electron chi connectivity index (χ3n) is 4.59. The summed E-state index contributed by atoms with van der Waals surface area (Å²) in [6, 6.07) is 7.44. The van der Waals surface area contributed by atoms with Crippen LogP contribution in [0, 0.1) is 11.8 Å². The molecule has 2 rings (SSSR count). The second-order valence-electron chi connectivity index (χ2n) is 6.84. The molecule has 3 nitrogen and oxygen atoms in total. The molecule has 1 saturated heterocycles. The molecular formula is C19H24BFO3. The summed E-state index contributed by atoms with van der Waals surface area (Å²) in [5.41, 5.74) is 0.373. The van der Waals surface area contributed by atoms with Gasteiger partial charge in [-0.3, -0.25) is 0 Å². The van der Waals surface area contributed by atoms with Crippen LogP contribution in [0.25, 0.3) is 5.57 Å². The number of hydrogen-bond acceptors (Lipinski definition) is 3. The van der Waals surface area contributed by atoms with Gasteiger partial charge in [-0.05, 0) is 51.8 Å². The number of rotatable bonds is 3. The lowest BCUT2D eigenvalue weighted by atomic mass is 9.82. The van der Waals surface area contributed by atoms with Crippen molar-refractivity contribution in [3.63, 3.8) is 0 Å². The van der Waals surface area contributed by atoms with E-state index in [1.807, 2.05) is 52.0 Å². The summed E-state index contributed by atoms with van der Waals surface area (Å²) < 4.78 is 31.5. The zero-order chi connectivity index (χ0) is 18.0. The molecule has 0 aliphatic carbocycles. The average molecular weight is 330 g/mol. The van der Waals surface area contributed by atoms with Crippen molar-refractivity contribution in [1.82, 2.24) is 0 Å². The molecule has 0 unspecified atom stereocenters. The normalized spacial score (nSPS) is 19.5. The summed E-state index contributed by atoms with van der Waals surface area (Å²) >= 11 is 0. The van der Waals surface area contributed by atoms with Crippen LogP contribution >= 0.6 is 0 Å². The number of halogens is 1. The maximum absolute atomic E-state index is 15.0. The van der Waals surface area contributed by atoms with E-state index in [2.05, 4.69) is 11.8 Å². The van der Waals surface area contributed by atoms with Gasteiger partial charge in [0.25, 0.3) is 0 Å². The van der Waals surface area contributed by atoms with Crippen molar-refractivity contribution >= 4 is 12.7 Å². The second kappa shape index (κ2) is 7.10. The quantitative estimate of drug-likeness (QED) is 0.619. The molecule has 1 aliphatic rings. The number of benzene rings is 1. The Kier molecular flexibility index (Phi) is 5.54. The van der Waals surface area contributed by atoms with E-state index in [9.17, 15) is 4.39 Å². The number of allylic oxidation sites excluding steroid dienone is 1. The monoisotopic (exact) mass is 330 g/mol. The molecule has 24 heavy (non-hydrogen) atoms. The zero-order valence-corrected chi connectivity index (χ0v) is 15.2. The van der Waals surface area contributed by atoms with E-state index in [1.165, 1.54) is 0 Å². The third kappa shape index (κ3) is 3.72. The van der Waals surface area contributed by atoms with Crippen LogP contribution < -0.4 is 0 Å². The predicted molar refractivity (Wildman–Crippen MR) is 95.0 cm³/mol. The summed E-state index contributed by atoms with van der Waals surface area (Å²) in [4.78, 5) is 0. The number of methoxy groups -OCH3 is 1. The Hall–Kier alpha value is -1.61.